The van der Waals surface area contributed by atoms with Crippen LogP contribution >= 0.6 is 0 Å². The molecular formula is C12H15N3O. The van der Waals surface area contributed by atoms with E-state index in [1.807, 2.05) is 13.8 Å². The summed E-state index contributed by atoms with van der Waals surface area (Å²) in [6.07, 6.45) is 7.61. The van der Waals surface area contributed by atoms with Crippen molar-refractivity contribution in [2.45, 2.75) is 38.2 Å². The molecule has 1 aromatic rings. The average Bonchev–Trinajstić information content (AvgIpc) is 2.99. The normalized spacial score (nSPS) is 15.6. The van der Waals surface area contributed by atoms with E-state index < -0.39 is 5.60 Å². The minimum absolute atomic E-state index is 0.430. The molecule has 4 nitrogen and oxygen atoms in total. The number of terminal acetylenes is 1. The lowest BCUT2D eigenvalue weighted by Gasteiger charge is -2.19. The van der Waals surface area contributed by atoms with Gasteiger partial charge in [-0.15, -0.1) is 6.42 Å². The highest BCUT2D eigenvalue weighted by Gasteiger charge is 2.28. The Balaban J connectivity index is 2.24. The second kappa shape index (κ2) is 3.67. The Bertz CT molecular complexity index is 444. The van der Waals surface area contributed by atoms with Crippen molar-refractivity contribution in [1.82, 2.24) is 9.97 Å². The summed E-state index contributed by atoms with van der Waals surface area (Å²) in [7, 11) is 0. The van der Waals surface area contributed by atoms with Crippen LogP contribution in [0.5, 0.6) is 5.88 Å². The molecule has 0 unspecified atom stereocenters. The molecular weight excluding hydrogens is 202 g/mol. The molecule has 1 saturated carbocycles. The van der Waals surface area contributed by atoms with Gasteiger partial charge in [-0.3, -0.25) is 0 Å². The van der Waals surface area contributed by atoms with Crippen LogP contribution in [0.3, 0.4) is 0 Å². The quantitative estimate of drug-likeness (QED) is 0.783. The maximum Gasteiger partial charge on any atom is 0.220 e. The highest BCUT2D eigenvalue weighted by atomic mass is 16.5. The first kappa shape index (κ1) is 10.7. The molecule has 0 radical (unpaired) electrons. The summed E-state index contributed by atoms with van der Waals surface area (Å²) < 4.78 is 5.58. The molecule has 0 saturated heterocycles. The van der Waals surface area contributed by atoms with Gasteiger partial charge in [0.25, 0.3) is 0 Å². The molecule has 0 aliphatic heterocycles. The summed E-state index contributed by atoms with van der Waals surface area (Å²) in [5.74, 6) is 4.65. The number of anilines is 1. The fourth-order valence-electron chi connectivity index (χ4n) is 1.33. The van der Waals surface area contributed by atoms with Crippen molar-refractivity contribution in [2.24, 2.45) is 0 Å². The average molecular weight is 217 g/mol. The van der Waals surface area contributed by atoms with Crippen molar-refractivity contribution < 1.29 is 4.74 Å². The zero-order valence-corrected chi connectivity index (χ0v) is 9.53. The zero-order valence-electron chi connectivity index (χ0n) is 9.53. The van der Waals surface area contributed by atoms with Crippen LogP contribution in [0.25, 0.3) is 0 Å². The van der Waals surface area contributed by atoms with Crippen LogP contribution < -0.4 is 10.5 Å². The fraction of sp³-hybridized carbons (Fsp3) is 0.500. The Morgan fingerprint density at radius 2 is 2.19 bits per heavy atom. The molecule has 0 amide bonds. The van der Waals surface area contributed by atoms with Gasteiger partial charge < -0.3 is 10.5 Å². The number of nitrogens with zero attached hydrogens (tertiary/aromatic N) is 2. The van der Waals surface area contributed by atoms with Gasteiger partial charge in [-0.2, -0.15) is 4.98 Å². The van der Waals surface area contributed by atoms with Crippen molar-refractivity contribution in [2.75, 3.05) is 5.73 Å². The second-order valence-electron chi connectivity index (χ2n) is 4.52. The minimum Gasteiger partial charge on any atom is -0.458 e. The van der Waals surface area contributed by atoms with E-state index in [1.54, 1.807) is 6.07 Å². The Morgan fingerprint density at radius 3 is 2.75 bits per heavy atom. The van der Waals surface area contributed by atoms with Crippen molar-refractivity contribution in [3.8, 4) is 18.2 Å². The minimum atomic E-state index is -0.679. The molecule has 2 N–H and O–H groups in total. The molecule has 16 heavy (non-hydrogen) atoms. The van der Waals surface area contributed by atoms with Crippen molar-refractivity contribution in [3.63, 3.8) is 0 Å². The molecule has 4 heteroatoms. The highest BCUT2D eigenvalue weighted by Crippen LogP contribution is 2.39. The monoisotopic (exact) mass is 217 g/mol. The molecule has 0 atom stereocenters. The van der Waals surface area contributed by atoms with Gasteiger partial charge in [0.2, 0.25) is 5.88 Å². The topological polar surface area (TPSA) is 61.0 Å². The number of nitrogens with two attached hydrogens (primary N) is 1. The van der Waals surface area contributed by atoms with E-state index in [9.17, 15) is 0 Å². The first-order valence-electron chi connectivity index (χ1n) is 5.31. The largest absolute Gasteiger partial charge is 0.458 e. The summed E-state index contributed by atoms with van der Waals surface area (Å²) in [6.45, 7) is 3.62. The smallest absolute Gasteiger partial charge is 0.220 e. The van der Waals surface area contributed by atoms with Gasteiger partial charge in [0.15, 0.2) is 5.60 Å². The first-order valence-corrected chi connectivity index (χ1v) is 5.31. The Hall–Kier alpha value is -1.76. The van der Waals surface area contributed by atoms with Crippen LogP contribution in [0.4, 0.5) is 5.82 Å². The molecule has 0 bridgehead atoms. The van der Waals surface area contributed by atoms with Crippen LogP contribution in [-0.4, -0.2) is 15.6 Å². The van der Waals surface area contributed by atoms with Gasteiger partial charge in [-0.25, -0.2) is 4.98 Å². The third-order valence-corrected chi connectivity index (χ3v) is 2.39. The van der Waals surface area contributed by atoms with Crippen molar-refractivity contribution in [1.29, 1.82) is 0 Å². The Morgan fingerprint density at radius 1 is 1.50 bits per heavy atom. The summed E-state index contributed by atoms with van der Waals surface area (Å²) >= 11 is 0. The Kier molecular flexibility index (Phi) is 2.47. The molecule has 84 valence electrons. The van der Waals surface area contributed by atoms with Crippen LogP contribution in [0.15, 0.2) is 6.07 Å². The van der Waals surface area contributed by atoms with Crippen LogP contribution in [0.2, 0.25) is 0 Å². The molecule has 0 spiro atoms. The number of hydrogen-bond donors (Lipinski definition) is 1. The van der Waals surface area contributed by atoms with Gasteiger partial charge in [0.1, 0.15) is 11.6 Å². The van der Waals surface area contributed by atoms with Gasteiger partial charge in [0, 0.05) is 12.0 Å². The lowest BCUT2D eigenvalue weighted by atomic mass is 10.1. The van der Waals surface area contributed by atoms with Gasteiger partial charge in [-0.1, -0.05) is 5.92 Å². The van der Waals surface area contributed by atoms with E-state index in [1.165, 1.54) is 0 Å². The van der Waals surface area contributed by atoms with Crippen molar-refractivity contribution >= 4 is 5.82 Å². The molecule has 1 aliphatic carbocycles. The predicted molar refractivity (Wildman–Crippen MR) is 62.0 cm³/mol. The Labute approximate surface area is 95.2 Å². The molecule has 1 aromatic heterocycles. The van der Waals surface area contributed by atoms with Gasteiger partial charge in [-0.05, 0) is 26.7 Å². The molecule has 0 aromatic carbocycles. The van der Waals surface area contributed by atoms with Crippen molar-refractivity contribution in [3.05, 3.63) is 11.9 Å². The maximum atomic E-state index is 5.70. The van der Waals surface area contributed by atoms with E-state index in [4.69, 9.17) is 16.9 Å². The lowest BCUT2D eigenvalue weighted by molar-refractivity contribution is 0.164. The van der Waals surface area contributed by atoms with E-state index in [-0.39, 0.29) is 0 Å². The number of rotatable bonds is 3. The summed E-state index contributed by atoms with van der Waals surface area (Å²) in [4.78, 5) is 8.51. The standard InChI is InChI=1S/C12H15N3O/c1-4-12(2,3)16-10-7-9(13)14-11(15-10)8-5-6-8/h1,7-8H,5-6H2,2-3H3,(H2,13,14,15). The summed E-state index contributed by atoms with van der Waals surface area (Å²) in [6, 6.07) is 1.60. The zero-order chi connectivity index (χ0) is 11.8. The second-order valence-corrected chi connectivity index (χ2v) is 4.52. The van der Waals surface area contributed by atoms with Crippen LogP contribution in [0.1, 0.15) is 38.4 Å². The first-order chi connectivity index (χ1) is 7.50. The number of nitrogen functional groups attached to an aromatic ring is 1. The lowest BCUT2D eigenvalue weighted by Crippen LogP contribution is -2.26. The molecule has 1 heterocycles. The SMILES string of the molecule is C#CC(C)(C)Oc1cc(N)nc(C2CC2)n1. The third kappa shape index (κ3) is 2.43. The van der Waals surface area contributed by atoms with Crippen LogP contribution in [-0.2, 0) is 0 Å². The maximum absolute atomic E-state index is 5.70. The summed E-state index contributed by atoms with van der Waals surface area (Å²) in [5, 5.41) is 0. The van der Waals surface area contributed by atoms with Gasteiger partial charge in [0.05, 0.1) is 0 Å². The third-order valence-electron chi connectivity index (χ3n) is 2.39. The van der Waals surface area contributed by atoms with E-state index in [2.05, 4.69) is 15.9 Å². The fourth-order valence-corrected chi connectivity index (χ4v) is 1.33. The summed E-state index contributed by atoms with van der Waals surface area (Å²) in [5.41, 5.74) is 5.02. The van der Waals surface area contributed by atoms with E-state index >= 15 is 0 Å². The predicted octanol–water partition coefficient (Wildman–Crippen LogP) is 1.73. The number of ether oxygens (including phenoxy) is 1. The van der Waals surface area contributed by atoms with E-state index in [0.717, 1.165) is 18.7 Å². The molecule has 1 fully saturated rings. The van der Waals surface area contributed by atoms with E-state index in [0.29, 0.717) is 17.6 Å². The van der Waals surface area contributed by atoms with Crippen LogP contribution in [0, 0.1) is 12.3 Å². The number of aromatic nitrogens is 2. The molecule has 1 aliphatic rings. The number of hydrogen-bond acceptors (Lipinski definition) is 4. The molecule has 2 rings (SSSR count). The highest BCUT2D eigenvalue weighted by molar-refractivity contribution is 5.34. The van der Waals surface area contributed by atoms with Gasteiger partial charge >= 0.3 is 0 Å².